The van der Waals surface area contributed by atoms with Gasteiger partial charge in [0.1, 0.15) is 9.88 Å². The zero-order chi connectivity index (χ0) is 22.8. The number of aryl methyl sites for hydroxylation is 3. The molecule has 1 fully saturated rings. The highest BCUT2D eigenvalue weighted by molar-refractivity contribution is 7.17. The van der Waals surface area contributed by atoms with Gasteiger partial charge in [0.15, 0.2) is 0 Å². The van der Waals surface area contributed by atoms with E-state index in [1.54, 1.807) is 14.0 Å². The van der Waals surface area contributed by atoms with Crippen LogP contribution in [0.25, 0.3) is 10.6 Å². The third-order valence-corrected chi connectivity index (χ3v) is 6.88. The fourth-order valence-corrected chi connectivity index (χ4v) is 4.83. The first-order valence-electron chi connectivity index (χ1n) is 10.6. The third-order valence-electron chi connectivity index (χ3n) is 5.71. The Kier molecular flexibility index (Phi) is 6.50. The van der Waals surface area contributed by atoms with Crippen LogP contribution in [0.1, 0.15) is 32.2 Å². The summed E-state index contributed by atoms with van der Waals surface area (Å²) in [5.41, 5.74) is 4.26. The number of benzene rings is 1. The Labute approximate surface area is 190 Å². The van der Waals surface area contributed by atoms with Crippen LogP contribution in [-0.2, 0) is 18.3 Å². The van der Waals surface area contributed by atoms with Crippen LogP contribution in [0.15, 0.2) is 29.1 Å². The Hall–Kier alpha value is -2.88. The van der Waals surface area contributed by atoms with Gasteiger partial charge in [-0.25, -0.2) is 9.67 Å². The van der Waals surface area contributed by atoms with Crippen molar-refractivity contribution in [1.82, 2.24) is 19.7 Å². The number of hydrogen-bond acceptors (Lipinski definition) is 7. The molecule has 2 aromatic heterocycles. The summed E-state index contributed by atoms with van der Waals surface area (Å²) in [6, 6.07) is 7.84. The molecular formula is C23H27N5O3S. The molecule has 32 heavy (non-hydrogen) atoms. The molecule has 3 aromatic rings. The predicted octanol–water partition coefficient (Wildman–Crippen LogP) is 2.91. The van der Waals surface area contributed by atoms with Crippen LogP contribution in [0.5, 0.6) is 0 Å². The number of rotatable bonds is 5. The van der Waals surface area contributed by atoms with E-state index in [0.29, 0.717) is 21.1 Å². The lowest BCUT2D eigenvalue weighted by Gasteiger charge is -2.27. The molecule has 1 saturated heterocycles. The molecule has 4 rings (SSSR count). The van der Waals surface area contributed by atoms with E-state index in [9.17, 15) is 9.59 Å². The van der Waals surface area contributed by atoms with Crippen molar-refractivity contribution >= 4 is 22.9 Å². The van der Waals surface area contributed by atoms with Crippen molar-refractivity contribution in [2.45, 2.75) is 27.3 Å². The maximum Gasteiger partial charge on any atom is 0.277 e. The number of aromatic nitrogens is 3. The van der Waals surface area contributed by atoms with Gasteiger partial charge in [-0.1, -0.05) is 18.2 Å². The predicted molar refractivity (Wildman–Crippen MR) is 125 cm³/mol. The summed E-state index contributed by atoms with van der Waals surface area (Å²) < 4.78 is 6.74. The average molecular weight is 454 g/mol. The van der Waals surface area contributed by atoms with Crippen LogP contribution in [-0.4, -0.2) is 51.9 Å². The van der Waals surface area contributed by atoms with Gasteiger partial charge in [-0.2, -0.15) is 5.10 Å². The van der Waals surface area contributed by atoms with Crippen molar-refractivity contribution in [3.05, 3.63) is 62.0 Å². The highest BCUT2D eigenvalue weighted by atomic mass is 32.1. The normalized spacial score (nSPS) is 14.5. The summed E-state index contributed by atoms with van der Waals surface area (Å²) in [6.45, 7) is 9.46. The van der Waals surface area contributed by atoms with Gasteiger partial charge in [-0.3, -0.25) is 14.5 Å². The lowest BCUT2D eigenvalue weighted by molar-refractivity contribution is 0.0342. The van der Waals surface area contributed by atoms with E-state index in [1.165, 1.54) is 16.0 Å². The van der Waals surface area contributed by atoms with Crippen molar-refractivity contribution in [3.63, 3.8) is 0 Å². The van der Waals surface area contributed by atoms with Crippen molar-refractivity contribution in [3.8, 4) is 10.6 Å². The van der Waals surface area contributed by atoms with E-state index in [4.69, 9.17) is 4.74 Å². The van der Waals surface area contributed by atoms with E-state index in [0.717, 1.165) is 55.4 Å². The molecule has 1 aliphatic rings. The second-order valence-electron chi connectivity index (χ2n) is 7.95. The van der Waals surface area contributed by atoms with Gasteiger partial charge in [-0.15, -0.1) is 11.3 Å². The maximum atomic E-state index is 13.2. The van der Waals surface area contributed by atoms with E-state index in [2.05, 4.69) is 20.3 Å². The van der Waals surface area contributed by atoms with Crippen molar-refractivity contribution in [1.29, 1.82) is 0 Å². The molecule has 8 nitrogen and oxygen atoms in total. The van der Waals surface area contributed by atoms with Crippen molar-refractivity contribution in [2.24, 2.45) is 7.05 Å². The van der Waals surface area contributed by atoms with Gasteiger partial charge in [0.25, 0.3) is 11.5 Å². The number of ether oxygens (including phenoxy) is 1. The van der Waals surface area contributed by atoms with Crippen LogP contribution in [0.3, 0.4) is 0 Å². The Morgan fingerprint density at radius 1 is 1.16 bits per heavy atom. The summed E-state index contributed by atoms with van der Waals surface area (Å²) in [5, 5.41) is 7.82. The molecule has 9 heteroatoms. The van der Waals surface area contributed by atoms with Crippen molar-refractivity contribution < 1.29 is 9.53 Å². The topological polar surface area (TPSA) is 89.3 Å². The lowest BCUT2D eigenvalue weighted by Crippen LogP contribution is -2.35. The van der Waals surface area contributed by atoms with E-state index < -0.39 is 0 Å². The van der Waals surface area contributed by atoms with Crippen LogP contribution >= 0.6 is 11.3 Å². The average Bonchev–Trinajstić information content (AvgIpc) is 3.16. The number of morpholine rings is 1. The number of anilines is 1. The first kappa shape index (κ1) is 22.3. The number of nitrogens with one attached hydrogen (secondary N) is 1. The van der Waals surface area contributed by atoms with Crippen molar-refractivity contribution in [2.75, 3.05) is 31.6 Å². The minimum atomic E-state index is -0.221. The molecule has 0 saturated carbocycles. The van der Waals surface area contributed by atoms with Gasteiger partial charge in [0, 0.05) is 32.4 Å². The first-order chi connectivity index (χ1) is 15.3. The van der Waals surface area contributed by atoms with E-state index in [1.807, 2.05) is 38.1 Å². The number of hydrogen-bond donors (Lipinski definition) is 1. The summed E-state index contributed by atoms with van der Waals surface area (Å²) in [7, 11) is 1.62. The summed E-state index contributed by atoms with van der Waals surface area (Å²) >= 11 is 1.24. The summed E-state index contributed by atoms with van der Waals surface area (Å²) in [5.74, 6) is -0.221. The number of para-hydroxylation sites is 1. The quantitative estimate of drug-likeness (QED) is 0.639. The minimum Gasteiger partial charge on any atom is -0.379 e. The van der Waals surface area contributed by atoms with Gasteiger partial charge in [0.05, 0.1) is 30.2 Å². The number of carbonyl (C=O) groups is 1. The van der Waals surface area contributed by atoms with E-state index >= 15 is 0 Å². The Bertz CT molecular complexity index is 1210. The summed E-state index contributed by atoms with van der Waals surface area (Å²) in [6.07, 6.45) is 0. The van der Waals surface area contributed by atoms with Gasteiger partial charge >= 0.3 is 0 Å². The Morgan fingerprint density at radius 3 is 2.62 bits per heavy atom. The highest BCUT2D eigenvalue weighted by Gasteiger charge is 2.22. The molecule has 0 radical (unpaired) electrons. The van der Waals surface area contributed by atoms with Gasteiger partial charge < -0.3 is 10.1 Å². The third kappa shape index (κ3) is 4.50. The Morgan fingerprint density at radius 2 is 1.88 bits per heavy atom. The zero-order valence-electron chi connectivity index (χ0n) is 18.8. The fraction of sp³-hybridized carbons (Fsp3) is 0.391. The zero-order valence-corrected chi connectivity index (χ0v) is 19.6. The molecule has 0 unspecified atom stereocenters. The molecule has 1 N–H and O–H groups in total. The van der Waals surface area contributed by atoms with Crippen LogP contribution in [0.2, 0.25) is 0 Å². The second kappa shape index (κ2) is 9.32. The molecule has 0 bridgehead atoms. The first-order valence-corrected chi connectivity index (χ1v) is 11.4. The number of amides is 1. The van der Waals surface area contributed by atoms with E-state index in [-0.39, 0.29) is 11.5 Å². The molecule has 3 heterocycles. The SMILES string of the molecule is Cc1nc(-c2c(C)c(C)nn(C)c2=O)sc1C(=O)Nc1ccccc1CN1CCOCC1. The molecule has 0 atom stereocenters. The molecular weight excluding hydrogens is 426 g/mol. The molecule has 0 spiro atoms. The monoisotopic (exact) mass is 453 g/mol. The molecule has 168 valence electrons. The number of carbonyl (C=O) groups excluding carboxylic acids is 1. The molecule has 1 aromatic carbocycles. The largest absolute Gasteiger partial charge is 0.379 e. The number of nitrogens with zero attached hydrogens (tertiary/aromatic N) is 4. The molecule has 1 aliphatic heterocycles. The van der Waals surface area contributed by atoms with Crippen LogP contribution in [0, 0.1) is 20.8 Å². The van der Waals surface area contributed by atoms with Crippen LogP contribution < -0.4 is 10.9 Å². The second-order valence-corrected chi connectivity index (χ2v) is 8.95. The Balaban J connectivity index is 1.60. The molecule has 0 aliphatic carbocycles. The fourth-order valence-electron chi connectivity index (χ4n) is 3.77. The van der Waals surface area contributed by atoms with Gasteiger partial charge in [0.2, 0.25) is 0 Å². The smallest absolute Gasteiger partial charge is 0.277 e. The standard InChI is InChI=1S/C23H27N5O3S/c1-14-15(2)26-27(4)23(30)19(14)22-24-16(3)20(32-22)21(29)25-18-8-6-5-7-17(18)13-28-9-11-31-12-10-28/h5-8H,9-13H2,1-4H3,(H,25,29). The lowest BCUT2D eigenvalue weighted by atomic mass is 10.1. The minimum absolute atomic E-state index is 0.218. The van der Waals surface area contributed by atoms with Gasteiger partial charge in [-0.05, 0) is 38.0 Å². The maximum absolute atomic E-state index is 13.2. The van der Waals surface area contributed by atoms with Crippen LogP contribution in [0.4, 0.5) is 5.69 Å². The summed E-state index contributed by atoms with van der Waals surface area (Å²) in [4.78, 5) is 33.2. The highest BCUT2D eigenvalue weighted by Crippen LogP contribution is 2.29. The number of thiazole rings is 1. The molecule has 1 amide bonds.